The molecule has 6 nitrogen and oxygen atoms in total. The van der Waals surface area contributed by atoms with Crippen LogP contribution in [-0.4, -0.2) is 41.5 Å². The summed E-state index contributed by atoms with van der Waals surface area (Å²) >= 11 is 0. The Hall–Kier alpha value is -3.48. The zero-order valence-electron chi connectivity index (χ0n) is 17.3. The van der Waals surface area contributed by atoms with Crippen molar-refractivity contribution in [1.82, 2.24) is 4.90 Å². The molecule has 0 saturated carbocycles. The molecule has 2 amide bonds. The first-order valence-corrected chi connectivity index (χ1v) is 10.2. The number of anilines is 1. The number of nitrogens with one attached hydrogen (secondary N) is 1. The molecule has 0 heterocycles. The fraction of sp³-hybridized carbons (Fsp3) is 0.200. The van der Waals surface area contributed by atoms with Crippen molar-refractivity contribution in [2.75, 3.05) is 25.0 Å². The standard InChI is InChI=1S/C25H27N3O3/c26-25(31)21-14-7-8-15-22(21)27-23(30)18-28(16-9-17-29)24(19-10-3-1-4-11-19)20-12-5-2-6-13-20/h1-8,10-15,24,29H,9,16-18H2,(H2,26,31)(H,27,30). The van der Waals surface area contributed by atoms with E-state index in [2.05, 4.69) is 5.32 Å². The average molecular weight is 418 g/mol. The van der Waals surface area contributed by atoms with Gasteiger partial charge in [0.15, 0.2) is 0 Å². The first kappa shape index (κ1) is 22.2. The molecule has 0 aromatic heterocycles. The van der Waals surface area contributed by atoms with Crippen LogP contribution in [0.1, 0.15) is 33.9 Å². The molecular formula is C25H27N3O3. The third-order valence-electron chi connectivity index (χ3n) is 5.01. The van der Waals surface area contributed by atoms with E-state index in [9.17, 15) is 14.7 Å². The van der Waals surface area contributed by atoms with Gasteiger partial charge in [-0.05, 0) is 29.7 Å². The van der Waals surface area contributed by atoms with Crippen molar-refractivity contribution in [1.29, 1.82) is 0 Å². The van der Waals surface area contributed by atoms with Crippen molar-refractivity contribution in [3.05, 3.63) is 102 Å². The van der Waals surface area contributed by atoms with E-state index in [1.165, 1.54) is 0 Å². The maximum atomic E-state index is 13.0. The second-order valence-corrected chi connectivity index (χ2v) is 7.23. The summed E-state index contributed by atoms with van der Waals surface area (Å²) in [5, 5.41) is 12.2. The summed E-state index contributed by atoms with van der Waals surface area (Å²) in [4.78, 5) is 26.7. The highest BCUT2D eigenvalue weighted by molar-refractivity contribution is 6.03. The molecule has 0 unspecified atom stereocenters. The van der Waals surface area contributed by atoms with Gasteiger partial charge in [0.05, 0.1) is 23.8 Å². The molecule has 4 N–H and O–H groups in total. The molecule has 160 valence electrons. The van der Waals surface area contributed by atoms with Crippen molar-refractivity contribution in [3.8, 4) is 0 Å². The Morgan fingerprint density at radius 1 is 0.871 bits per heavy atom. The minimum atomic E-state index is -0.598. The third kappa shape index (κ3) is 6.01. The van der Waals surface area contributed by atoms with E-state index < -0.39 is 5.91 Å². The number of nitrogens with zero attached hydrogens (tertiary/aromatic N) is 1. The predicted octanol–water partition coefficient (Wildman–Crippen LogP) is 3.20. The second kappa shape index (κ2) is 11.1. The Bertz CT molecular complexity index is 954. The molecule has 0 aliphatic heterocycles. The zero-order chi connectivity index (χ0) is 22.1. The van der Waals surface area contributed by atoms with Crippen LogP contribution in [0.15, 0.2) is 84.9 Å². The molecule has 0 radical (unpaired) electrons. The van der Waals surface area contributed by atoms with Crippen LogP contribution in [0.3, 0.4) is 0 Å². The minimum absolute atomic E-state index is 0.0267. The number of carbonyl (C=O) groups excluding carboxylic acids is 2. The first-order chi connectivity index (χ1) is 15.1. The summed E-state index contributed by atoms with van der Waals surface area (Å²) in [5.41, 5.74) is 8.19. The van der Waals surface area contributed by atoms with E-state index in [4.69, 9.17) is 5.73 Å². The summed E-state index contributed by atoms with van der Waals surface area (Å²) in [5.74, 6) is -0.858. The number of hydrogen-bond acceptors (Lipinski definition) is 4. The summed E-state index contributed by atoms with van der Waals surface area (Å²) in [7, 11) is 0. The van der Waals surface area contributed by atoms with Gasteiger partial charge < -0.3 is 16.2 Å². The van der Waals surface area contributed by atoms with Crippen molar-refractivity contribution in [2.45, 2.75) is 12.5 Å². The van der Waals surface area contributed by atoms with Gasteiger partial charge in [0, 0.05) is 13.2 Å². The molecule has 3 aromatic carbocycles. The Labute approximate surface area is 182 Å². The lowest BCUT2D eigenvalue weighted by atomic mass is 9.96. The Kier molecular flexibility index (Phi) is 7.92. The van der Waals surface area contributed by atoms with Gasteiger partial charge in [0.2, 0.25) is 5.91 Å². The quantitative estimate of drug-likeness (QED) is 0.472. The number of aliphatic hydroxyl groups excluding tert-OH is 1. The molecule has 0 bridgehead atoms. The van der Waals surface area contributed by atoms with Crippen molar-refractivity contribution in [2.24, 2.45) is 5.73 Å². The molecule has 3 aromatic rings. The van der Waals surface area contributed by atoms with Gasteiger partial charge in [-0.15, -0.1) is 0 Å². The van der Waals surface area contributed by atoms with Crippen LogP contribution in [0.4, 0.5) is 5.69 Å². The fourth-order valence-corrected chi connectivity index (χ4v) is 3.64. The highest BCUT2D eigenvalue weighted by Gasteiger charge is 2.24. The van der Waals surface area contributed by atoms with E-state index in [1.807, 2.05) is 65.6 Å². The van der Waals surface area contributed by atoms with Gasteiger partial charge in [-0.25, -0.2) is 0 Å². The van der Waals surface area contributed by atoms with Gasteiger partial charge in [-0.2, -0.15) is 0 Å². The topological polar surface area (TPSA) is 95.7 Å². The van der Waals surface area contributed by atoms with Crippen LogP contribution in [0.2, 0.25) is 0 Å². The van der Waals surface area contributed by atoms with Crippen molar-refractivity contribution < 1.29 is 14.7 Å². The van der Waals surface area contributed by atoms with Crippen LogP contribution in [0.5, 0.6) is 0 Å². The van der Waals surface area contributed by atoms with Crippen molar-refractivity contribution >= 4 is 17.5 Å². The predicted molar refractivity (Wildman–Crippen MR) is 122 cm³/mol. The fourth-order valence-electron chi connectivity index (χ4n) is 3.64. The van der Waals surface area contributed by atoms with Gasteiger partial charge in [0.25, 0.3) is 5.91 Å². The van der Waals surface area contributed by atoms with Crippen LogP contribution >= 0.6 is 0 Å². The van der Waals surface area contributed by atoms with E-state index in [1.54, 1.807) is 24.3 Å². The Morgan fingerprint density at radius 2 is 1.42 bits per heavy atom. The summed E-state index contributed by atoms with van der Waals surface area (Å²) in [6.45, 7) is 0.635. The van der Waals surface area contributed by atoms with E-state index in [-0.39, 0.29) is 30.7 Å². The average Bonchev–Trinajstić information content (AvgIpc) is 2.79. The number of primary amides is 1. The van der Waals surface area contributed by atoms with Crippen LogP contribution in [-0.2, 0) is 4.79 Å². The lowest BCUT2D eigenvalue weighted by molar-refractivity contribution is -0.117. The second-order valence-electron chi connectivity index (χ2n) is 7.23. The zero-order valence-corrected chi connectivity index (χ0v) is 17.3. The minimum Gasteiger partial charge on any atom is -0.396 e. The number of amides is 2. The normalized spacial score (nSPS) is 10.9. The number of nitrogens with two attached hydrogens (primary N) is 1. The summed E-state index contributed by atoms with van der Waals surface area (Å²) < 4.78 is 0. The number of carbonyl (C=O) groups is 2. The van der Waals surface area contributed by atoms with Gasteiger partial charge in [-0.1, -0.05) is 72.8 Å². The molecule has 0 aliphatic carbocycles. The van der Waals surface area contributed by atoms with Gasteiger partial charge >= 0.3 is 0 Å². The van der Waals surface area contributed by atoms with E-state index >= 15 is 0 Å². The maximum Gasteiger partial charge on any atom is 0.250 e. The summed E-state index contributed by atoms with van der Waals surface area (Å²) in [6.07, 6.45) is 0.529. The molecule has 6 heteroatoms. The lowest BCUT2D eigenvalue weighted by Crippen LogP contribution is -2.38. The Balaban J connectivity index is 1.89. The number of hydrogen-bond donors (Lipinski definition) is 3. The van der Waals surface area contributed by atoms with Gasteiger partial charge in [0.1, 0.15) is 0 Å². The maximum absolute atomic E-state index is 13.0. The van der Waals surface area contributed by atoms with Gasteiger partial charge in [-0.3, -0.25) is 14.5 Å². The Morgan fingerprint density at radius 3 is 1.97 bits per heavy atom. The molecule has 0 atom stereocenters. The van der Waals surface area contributed by atoms with E-state index in [0.29, 0.717) is 18.7 Å². The number of rotatable bonds is 10. The molecule has 0 saturated heterocycles. The van der Waals surface area contributed by atoms with Crippen molar-refractivity contribution in [3.63, 3.8) is 0 Å². The van der Waals surface area contributed by atoms with Crippen LogP contribution < -0.4 is 11.1 Å². The highest BCUT2D eigenvalue weighted by Crippen LogP contribution is 2.29. The SMILES string of the molecule is NC(=O)c1ccccc1NC(=O)CN(CCCO)C(c1ccccc1)c1ccccc1. The number of aliphatic hydroxyl groups is 1. The monoisotopic (exact) mass is 417 g/mol. The smallest absolute Gasteiger partial charge is 0.250 e. The summed E-state index contributed by atoms with van der Waals surface area (Å²) in [6, 6.07) is 26.4. The van der Waals surface area contributed by atoms with Crippen LogP contribution in [0, 0.1) is 0 Å². The molecule has 0 fully saturated rings. The molecule has 31 heavy (non-hydrogen) atoms. The lowest BCUT2D eigenvalue weighted by Gasteiger charge is -2.32. The first-order valence-electron chi connectivity index (χ1n) is 10.2. The number of benzene rings is 3. The molecule has 3 rings (SSSR count). The van der Waals surface area contributed by atoms with Crippen LogP contribution in [0.25, 0.3) is 0 Å². The largest absolute Gasteiger partial charge is 0.396 e. The van der Waals surface area contributed by atoms with E-state index in [0.717, 1.165) is 11.1 Å². The third-order valence-corrected chi connectivity index (χ3v) is 5.01. The molecular weight excluding hydrogens is 390 g/mol. The number of para-hydroxylation sites is 1. The molecule has 0 aliphatic rings. The highest BCUT2D eigenvalue weighted by atomic mass is 16.3. The molecule has 0 spiro atoms.